The smallest absolute Gasteiger partial charge is 0.252 e. The molecule has 0 aliphatic carbocycles. The van der Waals surface area contributed by atoms with Gasteiger partial charge in [0.1, 0.15) is 0 Å². The van der Waals surface area contributed by atoms with Crippen LogP contribution in [0.4, 0.5) is 0 Å². The van der Waals surface area contributed by atoms with E-state index in [1.165, 1.54) is 0 Å². The van der Waals surface area contributed by atoms with Gasteiger partial charge in [0.2, 0.25) is 5.91 Å². The highest BCUT2D eigenvalue weighted by Gasteiger charge is 2.16. The fourth-order valence-electron chi connectivity index (χ4n) is 1.50. The molecule has 0 bridgehead atoms. The van der Waals surface area contributed by atoms with Gasteiger partial charge in [0.15, 0.2) is 0 Å². The second kappa shape index (κ2) is 9.60. The minimum Gasteiger partial charge on any atom is -0.354 e. The van der Waals surface area contributed by atoms with Crippen LogP contribution in [0, 0.1) is 5.92 Å². The summed E-state index contributed by atoms with van der Waals surface area (Å²) in [6, 6.07) is 6.60. The van der Waals surface area contributed by atoms with Gasteiger partial charge in [0, 0.05) is 25.0 Å². The summed E-state index contributed by atoms with van der Waals surface area (Å²) in [5.74, 6) is -0.633. The minimum atomic E-state index is -0.259. The molecular formula is C14H21Cl2N3O2. The first-order chi connectivity index (χ1) is 9.43. The molecule has 0 radical (unpaired) electrons. The maximum Gasteiger partial charge on any atom is 0.252 e. The van der Waals surface area contributed by atoms with E-state index in [9.17, 15) is 9.59 Å². The molecule has 0 aliphatic heterocycles. The highest BCUT2D eigenvalue weighted by molar-refractivity contribution is 6.33. The van der Waals surface area contributed by atoms with E-state index in [2.05, 4.69) is 10.6 Å². The van der Waals surface area contributed by atoms with E-state index < -0.39 is 0 Å². The quantitative estimate of drug-likeness (QED) is 0.691. The minimum absolute atomic E-state index is 0. The van der Waals surface area contributed by atoms with E-state index in [1.54, 1.807) is 38.1 Å². The van der Waals surface area contributed by atoms with Crippen LogP contribution in [0.1, 0.15) is 24.2 Å². The molecule has 5 nitrogen and oxygen atoms in total. The van der Waals surface area contributed by atoms with Crippen LogP contribution in [0.5, 0.6) is 0 Å². The zero-order valence-corrected chi connectivity index (χ0v) is 13.6. The van der Waals surface area contributed by atoms with Crippen molar-refractivity contribution in [1.82, 2.24) is 10.6 Å². The molecular weight excluding hydrogens is 313 g/mol. The Hall–Kier alpha value is -1.30. The second-order valence-corrected chi connectivity index (χ2v) is 5.08. The normalized spacial score (nSPS) is 12.8. The molecule has 7 heteroatoms. The van der Waals surface area contributed by atoms with Crippen LogP contribution in [-0.2, 0) is 4.79 Å². The van der Waals surface area contributed by atoms with Gasteiger partial charge in [-0.15, -0.1) is 12.4 Å². The first-order valence-corrected chi connectivity index (χ1v) is 6.87. The summed E-state index contributed by atoms with van der Waals surface area (Å²) in [4.78, 5) is 23.5. The van der Waals surface area contributed by atoms with Crippen molar-refractivity contribution in [1.29, 1.82) is 0 Å². The van der Waals surface area contributed by atoms with Crippen LogP contribution in [0.3, 0.4) is 0 Å². The lowest BCUT2D eigenvalue weighted by Crippen LogP contribution is -2.41. The van der Waals surface area contributed by atoms with Crippen molar-refractivity contribution >= 4 is 35.8 Å². The zero-order valence-electron chi connectivity index (χ0n) is 12.1. The SMILES string of the molecule is CC(N)C(C)C(=O)NCCNC(=O)c1ccccc1Cl.Cl. The van der Waals surface area contributed by atoms with Crippen molar-refractivity contribution in [3.63, 3.8) is 0 Å². The molecule has 118 valence electrons. The van der Waals surface area contributed by atoms with Crippen LogP contribution < -0.4 is 16.4 Å². The summed E-state index contributed by atoms with van der Waals surface area (Å²) in [7, 11) is 0. The Morgan fingerprint density at radius 1 is 1.19 bits per heavy atom. The fraction of sp³-hybridized carbons (Fsp3) is 0.429. The van der Waals surface area contributed by atoms with Crippen molar-refractivity contribution < 1.29 is 9.59 Å². The van der Waals surface area contributed by atoms with E-state index in [4.69, 9.17) is 17.3 Å². The molecule has 0 heterocycles. The third kappa shape index (κ3) is 6.33. The summed E-state index contributed by atoms with van der Waals surface area (Å²) >= 11 is 5.91. The molecule has 2 atom stereocenters. The van der Waals surface area contributed by atoms with Crippen LogP contribution in [0.15, 0.2) is 24.3 Å². The molecule has 1 rings (SSSR count). The number of hydrogen-bond donors (Lipinski definition) is 3. The lowest BCUT2D eigenvalue weighted by Gasteiger charge is -2.15. The monoisotopic (exact) mass is 333 g/mol. The van der Waals surface area contributed by atoms with Gasteiger partial charge in [-0.3, -0.25) is 9.59 Å². The van der Waals surface area contributed by atoms with Gasteiger partial charge in [0.25, 0.3) is 5.91 Å². The van der Waals surface area contributed by atoms with Gasteiger partial charge in [-0.1, -0.05) is 30.7 Å². The summed E-state index contributed by atoms with van der Waals surface area (Å²) < 4.78 is 0. The predicted octanol–water partition coefficient (Wildman–Crippen LogP) is 1.59. The Kier molecular flexibility index (Phi) is 9.01. The number of benzene rings is 1. The zero-order chi connectivity index (χ0) is 15.1. The summed E-state index contributed by atoms with van der Waals surface area (Å²) in [6.45, 7) is 4.24. The first-order valence-electron chi connectivity index (χ1n) is 6.49. The van der Waals surface area contributed by atoms with E-state index in [1.807, 2.05) is 0 Å². The van der Waals surface area contributed by atoms with Gasteiger partial charge in [-0.05, 0) is 19.1 Å². The lowest BCUT2D eigenvalue weighted by atomic mass is 10.0. The summed E-state index contributed by atoms with van der Waals surface area (Å²) in [5.41, 5.74) is 6.06. The molecule has 0 saturated heterocycles. The Morgan fingerprint density at radius 2 is 1.76 bits per heavy atom. The van der Waals surface area contributed by atoms with Crippen LogP contribution in [-0.4, -0.2) is 30.9 Å². The highest BCUT2D eigenvalue weighted by Crippen LogP contribution is 2.14. The highest BCUT2D eigenvalue weighted by atomic mass is 35.5. The number of hydrogen-bond acceptors (Lipinski definition) is 3. The summed E-state index contributed by atoms with van der Waals surface area (Å²) in [5, 5.41) is 5.81. The molecule has 1 aromatic rings. The molecule has 2 unspecified atom stereocenters. The number of carbonyl (C=O) groups is 2. The van der Waals surface area contributed by atoms with Gasteiger partial charge >= 0.3 is 0 Å². The van der Waals surface area contributed by atoms with Crippen LogP contribution in [0.25, 0.3) is 0 Å². The van der Waals surface area contributed by atoms with E-state index >= 15 is 0 Å². The number of nitrogens with two attached hydrogens (primary N) is 1. The molecule has 0 saturated carbocycles. The van der Waals surface area contributed by atoms with Crippen LogP contribution in [0.2, 0.25) is 5.02 Å². The molecule has 1 aromatic carbocycles. The van der Waals surface area contributed by atoms with Crippen molar-refractivity contribution in [2.75, 3.05) is 13.1 Å². The van der Waals surface area contributed by atoms with Gasteiger partial charge in [-0.25, -0.2) is 0 Å². The number of amides is 2. The first kappa shape index (κ1) is 19.7. The van der Waals surface area contributed by atoms with Gasteiger partial charge < -0.3 is 16.4 Å². The van der Waals surface area contributed by atoms with Crippen molar-refractivity contribution in [2.24, 2.45) is 11.7 Å². The molecule has 2 amide bonds. The maximum absolute atomic E-state index is 11.8. The van der Waals surface area contributed by atoms with Gasteiger partial charge in [0.05, 0.1) is 10.6 Å². The Balaban J connectivity index is 0.00000400. The van der Waals surface area contributed by atoms with Crippen molar-refractivity contribution in [3.05, 3.63) is 34.9 Å². The number of carbonyl (C=O) groups excluding carboxylic acids is 2. The largest absolute Gasteiger partial charge is 0.354 e. The average molecular weight is 334 g/mol. The maximum atomic E-state index is 11.8. The molecule has 0 spiro atoms. The second-order valence-electron chi connectivity index (χ2n) is 4.67. The standard InChI is InChI=1S/C14H20ClN3O2.ClH/c1-9(10(2)16)13(19)17-7-8-18-14(20)11-5-3-4-6-12(11)15;/h3-6,9-10H,7-8,16H2,1-2H3,(H,17,19)(H,18,20);1H. The van der Waals surface area contributed by atoms with E-state index in [0.717, 1.165) is 0 Å². The van der Waals surface area contributed by atoms with Gasteiger partial charge in [-0.2, -0.15) is 0 Å². The molecule has 4 N–H and O–H groups in total. The van der Waals surface area contributed by atoms with E-state index in [0.29, 0.717) is 23.7 Å². The number of rotatable bonds is 6. The lowest BCUT2D eigenvalue weighted by molar-refractivity contribution is -0.124. The third-order valence-corrected chi connectivity index (χ3v) is 3.36. The van der Waals surface area contributed by atoms with Crippen molar-refractivity contribution in [3.8, 4) is 0 Å². The predicted molar refractivity (Wildman–Crippen MR) is 86.9 cm³/mol. The van der Waals surface area contributed by atoms with E-state index in [-0.39, 0.29) is 36.2 Å². The average Bonchev–Trinajstić information content (AvgIpc) is 2.42. The van der Waals surface area contributed by atoms with Crippen molar-refractivity contribution in [2.45, 2.75) is 19.9 Å². The topological polar surface area (TPSA) is 84.2 Å². The Labute approximate surface area is 136 Å². The molecule has 21 heavy (non-hydrogen) atoms. The Morgan fingerprint density at radius 3 is 2.33 bits per heavy atom. The summed E-state index contributed by atoms with van der Waals surface area (Å²) in [6.07, 6.45) is 0. The molecule has 0 aliphatic rings. The molecule has 0 aromatic heterocycles. The fourth-order valence-corrected chi connectivity index (χ4v) is 1.72. The van der Waals surface area contributed by atoms with Crippen LogP contribution >= 0.6 is 24.0 Å². The Bertz CT molecular complexity index is 481. The number of halogens is 2. The molecule has 0 fully saturated rings. The number of nitrogens with one attached hydrogen (secondary N) is 2. The third-order valence-electron chi connectivity index (χ3n) is 3.03.